The van der Waals surface area contributed by atoms with Gasteiger partial charge in [-0.1, -0.05) is 0 Å². The minimum atomic E-state index is -3.37. The molecule has 0 aliphatic carbocycles. The molecule has 0 radical (unpaired) electrons. The lowest BCUT2D eigenvalue weighted by atomic mass is 10.3. The summed E-state index contributed by atoms with van der Waals surface area (Å²) >= 11 is 0. The molecule has 1 aromatic rings. The summed E-state index contributed by atoms with van der Waals surface area (Å²) in [6, 6.07) is 6.56. The van der Waals surface area contributed by atoms with E-state index in [1.165, 1.54) is 18.4 Å². The number of rotatable bonds is 6. The van der Waals surface area contributed by atoms with E-state index < -0.39 is 10.0 Å². The molecule has 2 rings (SSSR count). The van der Waals surface area contributed by atoms with Gasteiger partial charge in [-0.05, 0) is 24.3 Å². The summed E-state index contributed by atoms with van der Waals surface area (Å²) < 4.78 is 30.7. The number of benzene rings is 1. The Kier molecular flexibility index (Phi) is 10.1. The van der Waals surface area contributed by atoms with Crippen molar-refractivity contribution >= 4 is 34.8 Å². The summed E-state index contributed by atoms with van der Waals surface area (Å²) in [5, 5.41) is 3.31. The lowest BCUT2D eigenvalue weighted by molar-refractivity contribution is 0.191. The fourth-order valence-electron chi connectivity index (χ4n) is 2.15. The van der Waals surface area contributed by atoms with Gasteiger partial charge in [0.2, 0.25) is 10.0 Å². The third-order valence-electron chi connectivity index (χ3n) is 3.49. The van der Waals surface area contributed by atoms with Crippen molar-refractivity contribution in [1.29, 1.82) is 0 Å². The number of sulfonamides is 1. The molecule has 0 aromatic heterocycles. The Morgan fingerprint density at radius 2 is 1.70 bits per heavy atom. The van der Waals surface area contributed by atoms with Gasteiger partial charge in [-0.25, -0.2) is 12.7 Å². The van der Waals surface area contributed by atoms with Crippen molar-refractivity contribution < 1.29 is 13.2 Å². The zero-order valence-electron chi connectivity index (χ0n) is 13.4. The minimum absolute atomic E-state index is 0. The van der Waals surface area contributed by atoms with Crippen molar-refractivity contribution in [2.75, 3.05) is 53.4 Å². The van der Waals surface area contributed by atoms with Crippen molar-refractivity contribution in [2.45, 2.75) is 4.90 Å². The maximum Gasteiger partial charge on any atom is 0.242 e. The minimum Gasteiger partial charge on any atom is -0.492 e. The Morgan fingerprint density at radius 1 is 1.13 bits per heavy atom. The van der Waals surface area contributed by atoms with Crippen LogP contribution in [-0.4, -0.2) is 71.0 Å². The predicted molar refractivity (Wildman–Crippen MR) is 96.6 cm³/mol. The van der Waals surface area contributed by atoms with Crippen LogP contribution >= 0.6 is 24.8 Å². The molecule has 0 saturated carbocycles. The van der Waals surface area contributed by atoms with E-state index in [4.69, 9.17) is 4.74 Å². The maximum atomic E-state index is 11.9. The first kappa shape index (κ1) is 22.4. The number of ether oxygens (including phenoxy) is 1. The molecule has 1 heterocycles. The molecule has 9 heteroatoms. The molecule has 1 aliphatic heterocycles. The van der Waals surface area contributed by atoms with Crippen molar-refractivity contribution in [1.82, 2.24) is 14.5 Å². The van der Waals surface area contributed by atoms with Crippen LogP contribution in [0.15, 0.2) is 29.2 Å². The molecule has 1 N–H and O–H groups in total. The van der Waals surface area contributed by atoms with Crippen LogP contribution in [0.5, 0.6) is 5.75 Å². The number of hydrogen-bond acceptors (Lipinski definition) is 5. The van der Waals surface area contributed by atoms with E-state index in [0.717, 1.165) is 32.7 Å². The fourth-order valence-corrected chi connectivity index (χ4v) is 3.05. The van der Waals surface area contributed by atoms with Crippen molar-refractivity contribution in [3.63, 3.8) is 0 Å². The van der Waals surface area contributed by atoms with Gasteiger partial charge in [0.25, 0.3) is 0 Å². The lowest BCUT2D eigenvalue weighted by Gasteiger charge is -2.26. The van der Waals surface area contributed by atoms with Crippen LogP contribution in [0.4, 0.5) is 0 Å². The first-order valence-corrected chi connectivity index (χ1v) is 8.52. The van der Waals surface area contributed by atoms with E-state index in [1.807, 2.05) is 0 Å². The van der Waals surface area contributed by atoms with Crippen LogP contribution in [0.25, 0.3) is 0 Å². The molecule has 6 nitrogen and oxygen atoms in total. The van der Waals surface area contributed by atoms with Gasteiger partial charge in [0, 0.05) is 46.8 Å². The molecule has 0 amide bonds. The Morgan fingerprint density at radius 3 is 2.22 bits per heavy atom. The molecule has 0 bridgehead atoms. The molecule has 134 valence electrons. The van der Waals surface area contributed by atoms with E-state index >= 15 is 0 Å². The van der Waals surface area contributed by atoms with Gasteiger partial charge < -0.3 is 10.1 Å². The monoisotopic (exact) mass is 385 g/mol. The van der Waals surface area contributed by atoms with Crippen LogP contribution in [-0.2, 0) is 10.0 Å². The molecule has 1 fully saturated rings. The van der Waals surface area contributed by atoms with Gasteiger partial charge in [-0.2, -0.15) is 0 Å². The number of halogens is 2. The number of hydrogen-bond donors (Lipinski definition) is 1. The summed E-state index contributed by atoms with van der Waals surface area (Å²) in [6.45, 7) is 5.64. The zero-order valence-corrected chi connectivity index (χ0v) is 15.8. The normalized spacial score (nSPS) is 15.6. The summed E-state index contributed by atoms with van der Waals surface area (Å²) in [5.41, 5.74) is 0. The fraction of sp³-hybridized carbons (Fsp3) is 0.571. The highest BCUT2D eigenvalue weighted by Crippen LogP contribution is 2.18. The zero-order chi connectivity index (χ0) is 15.3. The van der Waals surface area contributed by atoms with Crippen LogP contribution < -0.4 is 10.1 Å². The summed E-state index contributed by atoms with van der Waals surface area (Å²) in [4.78, 5) is 2.63. The highest BCUT2D eigenvalue weighted by Gasteiger charge is 2.16. The van der Waals surface area contributed by atoms with Crippen LogP contribution in [0.3, 0.4) is 0 Å². The molecule has 0 unspecified atom stereocenters. The molecule has 1 aromatic carbocycles. The van der Waals surface area contributed by atoms with Gasteiger partial charge in [0.05, 0.1) is 4.90 Å². The van der Waals surface area contributed by atoms with Crippen molar-refractivity contribution in [3.05, 3.63) is 24.3 Å². The number of nitrogens with zero attached hydrogens (tertiary/aromatic N) is 2. The average Bonchev–Trinajstić information content (AvgIpc) is 2.49. The van der Waals surface area contributed by atoms with E-state index in [2.05, 4.69) is 10.2 Å². The first-order valence-electron chi connectivity index (χ1n) is 7.08. The Balaban J connectivity index is 0.00000242. The second kappa shape index (κ2) is 10.3. The highest BCUT2D eigenvalue weighted by molar-refractivity contribution is 7.89. The molecular weight excluding hydrogens is 361 g/mol. The topological polar surface area (TPSA) is 61.9 Å². The van der Waals surface area contributed by atoms with Gasteiger partial charge in [-0.15, -0.1) is 24.8 Å². The first-order chi connectivity index (χ1) is 10.00. The lowest BCUT2D eigenvalue weighted by Crippen LogP contribution is -2.44. The van der Waals surface area contributed by atoms with E-state index in [-0.39, 0.29) is 29.7 Å². The van der Waals surface area contributed by atoms with E-state index in [1.54, 1.807) is 24.3 Å². The van der Waals surface area contributed by atoms with Crippen LogP contribution in [0.1, 0.15) is 0 Å². The standard InChI is InChI=1S/C14H23N3O3S.2ClH/c1-16(2)21(18,19)14-5-3-13(4-6-14)20-12-11-17-9-7-15-8-10-17;;/h3-6,15H,7-12H2,1-2H3;2*1H. The number of piperazine rings is 1. The molecule has 0 spiro atoms. The van der Waals surface area contributed by atoms with Gasteiger partial charge in [-0.3, -0.25) is 4.90 Å². The second-order valence-electron chi connectivity index (χ2n) is 5.20. The maximum absolute atomic E-state index is 11.9. The highest BCUT2D eigenvalue weighted by atomic mass is 35.5. The third-order valence-corrected chi connectivity index (χ3v) is 5.32. The van der Waals surface area contributed by atoms with Crippen LogP contribution in [0, 0.1) is 0 Å². The second-order valence-corrected chi connectivity index (χ2v) is 7.35. The van der Waals surface area contributed by atoms with Gasteiger partial charge >= 0.3 is 0 Å². The van der Waals surface area contributed by atoms with Crippen molar-refractivity contribution in [2.24, 2.45) is 0 Å². The molecule has 1 aliphatic rings. The SMILES string of the molecule is CN(C)S(=O)(=O)c1ccc(OCCN2CCNCC2)cc1.Cl.Cl. The summed E-state index contributed by atoms with van der Waals surface area (Å²) in [6.07, 6.45) is 0. The van der Waals surface area contributed by atoms with Gasteiger partial charge in [0.1, 0.15) is 12.4 Å². The van der Waals surface area contributed by atoms with Crippen LogP contribution in [0.2, 0.25) is 0 Å². The van der Waals surface area contributed by atoms with Crippen molar-refractivity contribution in [3.8, 4) is 5.75 Å². The quantitative estimate of drug-likeness (QED) is 0.793. The Hall–Kier alpha value is -0.570. The van der Waals surface area contributed by atoms with Gasteiger partial charge in [0.15, 0.2) is 0 Å². The number of nitrogens with one attached hydrogen (secondary N) is 1. The molecule has 1 saturated heterocycles. The largest absolute Gasteiger partial charge is 0.492 e. The smallest absolute Gasteiger partial charge is 0.242 e. The third kappa shape index (κ3) is 6.45. The Bertz CT molecular complexity index is 547. The molecule has 23 heavy (non-hydrogen) atoms. The van der Waals surface area contributed by atoms with E-state index in [9.17, 15) is 8.42 Å². The summed E-state index contributed by atoms with van der Waals surface area (Å²) in [7, 11) is -0.327. The molecule has 0 atom stereocenters. The average molecular weight is 386 g/mol. The summed E-state index contributed by atoms with van der Waals surface area (Å²) in [5.74, 6) is 0.697. The van der Waals surface area contributed by atoms with E-state index in [0.29, 0.717) is 12.4 Å². The molecular formula is C14H25Cl2N3O3S. The Labute approximate surface area is 151 Å². The predicted octanol–water partition coefficient (Wildman–Crippen LogP) is 1.06.